The van der Waals surface area contributed by atoms with E-state index in [1.165, 1.54) is 7.11 Å². The number of benzene rings is 3. The lowest BCUT2D eigenvalue weighted by molar-refractivity contribution is 0.0600. The van der Waals surface area contributed by atoms with Gasteiger partial charge in [0.2, 0.25) is 6.79 Å². The lowest BCUT2D eigenvalue weighted by Crippen LogP contribution is -2.41. The number of nitrogens with zero attached hydrogens (tertiary/aromatic N) is 2. The minimum absolute atomic E-state index is 0.0163. The minimum atomic E-state index is -0.382. The second-order valence-electron chi connectivity index (χ2n) is 8.37. The molecular weight excluding hydrogens is 432 g/mol. The van der Waals surface area contributed by atoms with Gasteiger partial charge in [0.15, 0.2) is 11.5 Å². The number of hydrogen-bond acceptors (Lipinski definition) is 5. The van der Waals surface area contributed by atoms with Crippen LogP contribution in [0.5, 0.6) is 11.5 Å². The Balaban J connectivity index is 1.46. The molecule has 3 aromatic carbocycles. The van der Waals surface area contributed by atoms with Gasteiger partial charge in [-0.25, -0.2) is 9.59 Å². The smallest absolute Gasteiger partial charge is 0.337 e. The highest BCUT2D eigenvalue weighted by atomic mass is 16.7. The molecule has 1 fully saturated rings. The summed E-state index contributed by atoms with van der Waals surface area (Å²) in [6, 6.07) is 21.0. The van der Waals surface area contributed by atoms with E-state index in [9.17, 15) is 9.59 Å². The number of anilines is 1. The molecule has 2 heterocycles. The maximum Gasteiger partial charge on any atom is 0.337 e. The van der Waals surface area contributed by atoms with Gasteiger partial charge in [0.05, 0.1) is 19.2 Å². The summed E-state index contributed by atoms with van der Waals surface area (Å²) in [5, 5.41) is 0. The van der Waals surface area contributed by atoms with Gasteiger partial charge in [-0.3, -0.25) is 4.90 Å². The fourth-order valence-corrected chi connectivity index (χ4v) is 4.32. The number of rotatable bonds is 5. The molecule has 0 unspecified atom stereocenters. The van der Waals surface area contributed by atoms with Gasteiger partial charge in [0.1, 0.15) is 0 Å². The lowest BCUT2D eigenvalue weighted by atomic mass is 10.0. The van der Waals surface area contributed by atoms with Gasteiger partial charge in [-0.1, -0.05) is 30.3 Å². The number of urea groups is 1. The molecule has 5 rings (SSSR count). The van der Waals surface area contributed by atoms with Crippen molar-refractivity contribution < 1.29 is 23.8 Å². The van der Waals surface area contributed by atoms with Crippen LogP contribution in [0.3, 0.4) is 0 Å². The number of likely N-dealkylation sites (tertiary alicyclic amines) is 1. The normalized spacial score (nSPS) is 14.2. The van der Waals surface area contributed by atoms with Crippen LogP contribution in [0.2, 0.25) is 0 Å². The molecule has 0 atom stereocenters. The van der Waals surface area contributed by atoms with Gasteiger partial charge in [0.25, 0.3) is 0 Å². The average Bonchev–Trinajstić information content (AvgIpc) is 3.59. The van der Waals surface area contributed by atoms with E-state index in [1.807, 2.05) is 59.5 Å². The standard InChI is InChI=1S/C27H26N2O5/c1-32-26(30)20-9-7-19(8-10-20)17-29(27(31)28-13-2-3-14-28)23-6-4-5-21(15-23)22-11-12-24-25(16-22)34-18-33-24/h4-12,15-16H,2-3,13-14,17-18H2,1H3. The highest BCUT2D eigenvalue weighted by Gasteiger charge is 2.25. The predicted molar refractivity (Wildman–Crippen MR) is 128 cm³/mol. The Hall–Kier alpha value is -4.00. The van der Waals surface area contributed by atoms with Crippen LogP contribution < -0.4 is 14.4 Å². The van der Waals surface area contributed by atoms with Crippen molar-refractivity contribution in [3.05, 3.63) is 77.9 Å². The van der Waals surface area contributed by atoms with Gasteiger partial charge in [-0.2, -0.15) is 0 Å². The third kappa shape index (κ3) is 4.41. The molecule has 34 heavy (non-hydrogen) atoms. The van der Waals surface area contributed by atoms with Crippen molar-refractivity contribution in [2.45, 2.75) is 19.4 Å². The maximum atomic E-state index is 13.5. The summed E-state index contributed by atoms with van der Waals surface area (Å²) in [6.45, 7) is 2.14. The van der Waals surface area contributed by atoms with Crippen molar-refractivity contribution in [1.82, 2.24) is 4.90 Å². The van der Waals surface area contributed by atoms with Gasteiger partial charge >= 0.3 is 12.0 Å². The second kappa shape index (κ2) is 9.47. The molecule has 3 aromatic rings. The van der Waals surface area contributed by atoms with Crippen LogP contribution >= 0.6 is 0 Å². The Kier molecular flexibility index (Phi) is 6.08. The Morgan fingerprint density at radius 2 is 1.65 bits per heavy atom. The van der Waals surface area contributed by atoms with Crippen LogP contribution in [0.4, 0.5) is 10.5 Å². The fourth-order valence-electron chi connectivity index (χ4n) is 4.32. The van der Waals surface area contributed by atoms with Gasteiger partial charge in [-0.05, 0) is 65.9 Å². The number of fused-ring (bicyclic) bond motifs is 1. The van der Waals surface area contributed by atoms with Crippen molar-refractivity contribution in [3.63, 3.8) is 0 Å². The number of carbonyl (C=O) groups excluding carboxylic acids is 2. The fraction of sp³-hybridized carbons (Fsp3) is 0.259. The molecule has 0 aliphatic carbocycles. The van der Waals surface area contributed by atoms with Crippen LogP contribution in [0.1, 0.15) is 28.8 Å². The average molecular weight is 459 g/mol. The molecular formula is C27H26N2O5. The first-order chi connectivity index (χ1) is 16.6. The first kappa shape index (κ1) is 21.8. The number of amides is 2. The third-order valence-electron chi connectivity index (χ3n) is 6.19. The molecule has 0 spiro atoms. The summed E-state index contributed by atoms with van der Waals surface area (Å²) in [5.41, 5.74) is 4.18. The first-order valence-corrected chi connectivity index (χ1v) is 11.4. The molecule has 7 heteroatoms. The topological polar surface area (TPSA) is 68.3 Å². The number of ether oxygens (including phenoxy) is 3. The monoisotopic (exact) mass is 458 g/mol. The molecule has 2 amide bonds. The molecule has 0 aromatic heterocycles. The van der Waals surface area contributed by atoms with Crippen molar-refractivity contribution in [2.75, 3.05) is 31.9 Å². The molecule has 0 saturated carbocycles. The Bertz CT molecular complexity index is 1200. The summed E-state index contributed by atoms with van der Waals surface area (Å²) in [7, 11) is 1.36. The van der Waals surface area contributed by atoms with Crippen LogP contribution in [0, 0.1) is 0 Å². The van der Waals surface area contributed by atoms with E-state index in [-0.39, 0.29) is 18.8 Å². The quantitative estimate of drug-likeness (QED) is 0.498. The summed E-state index contributed by atoms with van der Waals surface area (Å²) < 4.78 is 15.7. The van der Waals surface area contributed by atoms with E-state index in [4.69, 9.17) is 14.2 Å². The summed E-state index contributed by atoms with van der Waals surface area (Å²) >= 11 is 0. The SMILES string of the molecule is COC(=O)c1ccc(CN(C(=O)N2CCCC2)c2cccc(-c3ccc4c(c3)OCO4)c2)cc1. The predicted octanol–water partition coefficient (Wildman–Crippen LogP) is 5.09. The molecule has 1 saturated heterocycles. The van der Waals surface area contributed by atoms with E-state index in [2.05, 4.69) is 0 Å². The summed E-state index contributed by atoms with van der Waals surface area (Å²) in [6.07, 6.45) is 2.04. The Morgan fingerprint density at radius 3 is 2.41 bits per heavy atom. The zero-order chi connectivity index (χ0) is 23.5. The Morgan fingerprint density at radius 1 is 0.912 bits per heavy atom. The summed E-state index contributed by atoms with van der Waals surface area (Å²) in [4.78, 5) is 29.0. The van der Waals surface area contributed by atoms with Crippen LogP contribution in [0.15, 0.2) is 66.7 Å². The summed E-state index contributed by atoms with van der Waals surface area (Å²) in [5.74, 6) is 1.08. The molecule has 7 nitrogen and oxygen atoms in total. The Labute approximate surface area is 198 Å². The molecule has 0 N–H and O–H groups in total. The molecule has 0 bridgehead atoms. The van der Waals surface area contributed by atoms with Gasteiger partial charge in [-0.15, -0.1) is 0 Å². The van der Waals surface area contributed by atoms with Gasteiger partial charge < -0.3 is 19.1 Å². The van der Waals surface area contributed by atoms with E-state index in [0.29, 0.717) is 12.1 Å². The number of esters is 1. The van der Waals surface area contributed by atoms with Crippen molar-refractivity contribution >= 4 is 17.7 Å². The van der Waals surface area contributed by atoms with Crippen LogP contribution in [-0.4, -0.2) is 43.9 Å². The van der Waals surface area contributed by atoms with Crippen molar-refractivity contribution in [3.8, 4) is 22.6 Å². The number of methoxy groups -OCH3 is 1. The zero-order valence-corrected chi connectivity index (χ0v) is 19.0. The van der Waals surface area contributed by atoms with Crippen LogP contribution in [0.25, 0.3) is 11.1 Å². The zero-order valence-electron chi connectivity index (χ0n) is 19.0. The molecule has 0 radical (unpaired) electrons. The first-order valence-electron chi connectivity index (χ1n) is 11.4. The lowest BCUT2D eigenvalue weighted by Gasteiger charge is -2.28. The number of hydrogen-bond donors (Lipinski definition) is 0. The van der Waals surface area contributed by atoms with Crippen LogP contribution in [-0.2, 0) is 11.3 Å². The van der Waals surface area contributed by atoms with E-state index >= 15 is 0 Å². The molecule has 2 aliphatic rings. The van der Waals surface area contributed by atoms with E-state index < -0.39 is 0 Å². The highest BCUT2D eigenvalue weighted by molar-refractivity contribution is 5.93. The minimum Gasteiger partial charge on any atom is -0.465 e. The van der Waals surface area contributed by atoms with E-state index in [0.717, 1.165) is 59.8 Å². The van der Waals surface area contributed by atoms with Gasteiger partial charge in [0, 0.05) is 18.8 Å². The second-order valence-corrected chi connectivity index (χ2v) is 8.37. The number of carbonyl (C=O) groups is 2. The van der Waals surface area contributed by atoms with Crippen molar-refractivity contribution in [2.24, 2.45) is 0 Å². The van der Waals surface area contributed by atoms with Crippen molar-refractivity contribution in [1.29, 1.82) is 0 Å². The van der Waals surface area contributed by atoms with E-state index in [1.54, 1.807) is 17.0 Å². The largest absolute Gasteiger partial charge is 0.465 e. The maximum absolute atomic E-state index is 13.5. The highest BCUT2D eigenvalue weighted by Crippen LogP contribution is 2.37. The molecule has 174 valence electrons. The third-order valence-corrected chi connectivity index (χ3v) is 6.19. The molecule has 2 aliphatic heterocycles.